The van der Waals surface area contributed by atoms with E-state index in [-0.39, 0.29) is 5.75 Å². The van der Waals surface area contributed by atoms with E-state index in [4.69, 9.17) is 4.74 Å². The number of aliphatic imine (C=N–C) groups is 1. The number of aromatic hydroxyl groups is 1. The van der Waals surface area contributed by atoms with Crippen LogP contribution in [0.4, 0.5) is 5.69 Å². The number of hydrogen-bond donors (Lipinski definition) is 1. The molecule has 0 saturated heterocycles. The van der Waals surface area contributed by atoms with Gasteiger partial charge >= 0.3 is 0 Å². The number of anilines is 1. The molecule has 0 spiro atoms. The van der Waals surface area contributed by atoms with E-state index in [2.05, 4.69) is 35.8 Å². The Morgan fingerprint density at radius 3 is 2.54 bits per heavy atom. The van der Waals surface area contributed by atoms with Gasteiger partial charge in [-0.2, -0.15) is 0 Å². The molecule has 0 aromatic heterocycles. The fourth-order valence-corrected chi connectivity index (χ4v) is 3.00. The second-order valence-corrected chi connectivity index (χ2v) is 5.94. The highest BCUT2D eigenvalue weighted by molar-refractivity contribution is 6.12. The molecular weight excluding hydrogens is 324 g/mol. The van der Waals surface area contributed by atoms with E-state index in [9.17, 15) is 5.11 Å². The van der Waals surface area contributed by atoms with Gasteiger partial charge in [-0.05, 0) is 36.6 Å². The zero-order valence-electron chi connectivity index (χ0n) is 15.2. The van der Waals surface area contributed by atoms with Gasteiger partial charge in [-0.3, -0.25) is 9.89 Å². The standard InChI is InChI=1S/C22H22N2O2/c1-15(18-12-13-21(25)22(14-18)26-4)24(16(2)23-3)20-11-7-9-17-8-5-6-10-19(17)20/h5-14,25H,1H2,2-4H3. The SMILES string of the molecule is C=C(c1ccc(O)c(OC)c1)N(C(C)=NC)c1cccc2ccccc12. The second kappa shape index (κ2) is 7.31. The monoisotopic (exact) mass is 346 g/mol. The Kier molecular flexibility index (Phi) is 4.94. The smallest absolute Gasteiger partial charge is 0.161 e. The summed E-state index contributed by atoms with van der Waals surface area (Å²) in [5, 5.41) is 12.1. The normalized spacial score (nSPS) is 11.4. The molecule has 26 heavy (non-hydrogen) atoms. The maximum atomic E-state index is 9.88. The van der Waals surface area contributed by atoms with Crippen molar-refractivity contribution >= 4 is 28.0 Å². The molecule has 4 nitrogen and oxygen atoms in total. The molecule has 0 radical (unpaired) electrons. The van der Waals surface area contributed by atoms with E-state index < -0.39 is 0 Å². The van der Waals surface area contributed by atoms with E-state index in [0.717, 1.165) is 33.6 Å². The molecule has 4 heteroatoms. The molecule has 1 N–H and O–H groups in total. The molecule has 0 bridgehead atoms. The van der Waals surface area contributed by atoms with Crippen LogP contribution in [0.1, 0.15) is 12.5 Å². The summed E-state index contributed by atoms with van der Waals surface area (Å²) < 4.78 is 5.24. The van der Waals surface area contributed by atoms with Crippen molar-refractivity contribution in [2.75, 3.05) is 19.1 Å². The molecule has 3 rings (SSSR count). The van der Waals surface area contributed by atoms with Crippen LogP contribution in [0, 0.1) is 0 Å². The lowest BCUT2D eigenvalue weighted by Crippen LogP contribution is -2.26. The van der Waals surface area contributed by atoms with Crippen molar-refractivity contribution < 1.29 is 9.84 Å². The summed E-state index contributed by atoms with van der Waals surface area (Å²) in [6, 6.07) is 19.6. The number of rotatable bonds is 4. The summed E-state index contributed by atoms with van der Waals surface area (Å²) in [4.78, 5) is 6.40. The van der Waals surface area contributed by atoms with Crippen LogP contribution in [-0.2, 0) is 0 Å². The first-order chi connectivity index (χ1) is 12.6. The van der Waals surface area contributed by atoms with Crippen molar-refractivity contribution in [3.63, 3.8) is 0 Å². The number of phenolic OH excluding ortho intramolecular Hbond substituents is 1. The minimum Gasteiger partial charge on any atom is -0.504 e. The molecule has 0 aliphatic heterocycles. The van der Waals surface area contributed by atoms with Gasteiger partial charge in [0.15, 0.2) is 11.5 Å². The van der Waals surface area contributed by atoms with Crippen LogP contribution >= 0.6 is 0 Å². The van der Waals surface area contributed by atoms with E-state index in [1.54, 1.807) is 19.2 Å². The lowest BCUT2D eigenvalue weighted by Gasteiger charge is -2.28. The lowest BCUT2D eigenvalue weighted by molar-refractivity contribution is 0.373. The first kappa shape index (κ1) is 17.5. The Morgan fingerprint density at radius 2 is 1.81 bits per heavy atom. The predicted octanol–water partition coefficient (Wildman–Crippen LogP) is 5.08. The minimum absolute atomic E-state index is 0.0987. The van der Waals surface area contributed by atoms with Gasteiger partial charge in [0, 0.05) is 23.7 Å². The van der Waals surface area contributed by atoms with Crippen molar-refractivity contribution in [1.29, 1.82) is 0 Å². The Bertz CT molecular complexity index is 987. The Morgan fingerprint density at radius 1 is 1.08 bits per heavy atom. The van der Waals surface area contributed by atoms with Crippen LogP contribution in [-0.4, -0.2) is 25.1 Å². The third-order valence-corrected chi connectivity index (χ3v) is 4.44. The van der Waals surface area contributed by atoms with Gasteiger partial charge in [0.05, 0.1) is 12.8 Å². The zero-order chi connectivity index (χ0) is 18.7. The summed E-state index contributed by atoms with van der Waals surface area (Å²) in [6.07, 6.45) is 0. The van der Waals surface area contributed by atoms with Gasteiger partial charge in [-0.25, -0.2) is 0 Å². The van der Waals surface area contributed by atoms with E-state index in [0.29, 0.717) is 5.75 Å². The van der Waals surface area contributed by atoms with Crippen LogP contribution in [0.25, 0.3) is 16.5 Å². The highest BCUT2D eigenvalue weighted by atomic mass is 16.5. The van der Waals surface area contributed by atoms with Gasteiger partial charge in [0.2, 0.25) is 0 Å². The minimum atomic E-state index is 0.0987. The quantitative estimate of drug-likeness (QED) is 0.529. The number of ether oxygens (including phenoxy) is 1. The van der Waals surface area contributed by atoms with Crippen molar-refractivity contribution in [2.45, 2.75) is 6.92 Å². The maximum absolute atomic E-state index is 9.88. The van der Waals surface area contributed by atoms with Crippen LogP contribution in [0.3, 0.4) is 0 Å². The van der Waals surface area contributed by atoms with Crippen LogP contribution in [0.15, 0.2) is 72.2 Å². The zero-order valence-corrected chi connectivity index (χ0v) is 15.2. The van der Waals surface area contributed by atoms with Crippen LogP contribution in [0.2, 0.25) is 0 Å². The molecular formula is C22H22N2O2. The molecule has 3 aromatic carbocycles. The van der Waals surface area contributed by atoms with E-state index in [1.807, 2.05) is 36.1 Å². The number of benzene rings is 3. The average Bonchev–Trinajstić information content (AvgIpc) is 2.68. The summed E-state index contributed by atoms with van der Waals surface area (Å²) in [7, 11) is 3.29. The summed E-state index contributed by atoms with van der Waals surface area (Å²) in [5.74, 6) is 1.33. The van der Waals surface area contributed by atoms with Gasteiger partial charge in [0.1, 0.15) is 5.84 Å². The first-order valence-electron chi connectivity index (χ1n) is 8.34. The molecule has 0 atom stereocenters. The van der Waals surface area contributed by atoms with Gasteiger partial charge in [0.25, 0.3) is 0 Å². The molecule has 0 amide bonds. The topological polar surface area (TPSA) is 45.1 Å². The maximum Gasteiger partial charge on any atom is 0.161 e. The molecule has 0 fully saturated rings. The van der Waals surface area contributed by atoms with Crippen LogP contribution in [0.5, 0.6) is 11.5 Å². The van der Waals surface area contributed by atoms with Gasteiger partial charge < -0.3 is 9.84 Å². The third-order valence-electron chi connectivity index (χ3n) is 4.44. The molecule has 0 aliphatic carbocycles. The van der Waals surface area contributed by atoms with E-state index in [1.165, 1.54) is 7.11 Å². The number of hydrogen-bond acceptors (Lipinski definition) is 3. The van der Waals surface area contributed by atoms with Crippen molar-refractivity contribution in [3.05, 3.63) is 72.8 Å². The first-order valence-corrected chi connectivity index (χ1v) is 8.34. The number of fused-ring (bicyclic) bond motifs is 1. The summed E-state index contributed by atoms with van der Waals surface area (Å²) in [6.45, 7) is 6.24. The highest BCUT2D eigenvalue weighted by Crippen LogP contribution is 2.35. The second-order valence-electron chi connectivity index (χ2n) is 5.94. The lowest BCUT2D eigenvalue weighted by atomic mass is 10.1. The molecule has 0 aliphatic rings. The van der Waals surface area contributed by atoms with Gasteiger partial charge in [-0.1, -0.05) is 43.0 Å². The van der Waals surface area contributed by atoms with E-state index >= 15 is 0 Å². The predicted molar refractivity (Wildman–Crippen MR) is 109 cm³/mol. The molecule has 0 heterocycles. The summed E-state index contributed by atoms with van der Waals surface area (Å²) in [5.41, 5.74) is 2.60. The van der Waals surface area contributed by atoms with Crippen LogP contribution < -0.4 is 9.64 Å². The van der Waals surface area contributed by atoms with Crippen molar-refractivity contribution in [3.8, 4) is 11.5 Å². The average molecular weight is 346 g/mol. The Labute approximate surface area is 153 Å². The fraction of sp³-hybridized carbons (Fsp3) is 0.136. The summed E-state index contributed by atoms with van der Waals surface area (Å²) >= 11 is 0. The number of methoxy groups -OCH3 is 1. The largest absolute Gasteiger partial charge is 0.504 e. The fourth-order valence-electron chi connectivity index (χ4n) is 3.00. The van der Waals surface area contributed by atoms with Gasteiger partial charge in [-0.15, -0.1) is 0 Å². The Hall–Kier alpha value is -3.27. The third kappa shape index (κ3) is 3.14. The number of phenols is 1. The molecule has 132 valence electrons. The Balaban J connectivity index is 2.16. The molecule has 0 saturated carbocycles. The molecule has 0 unspecified atom stereocenters. The number of nitrogens with zero attached hydrogens (tertiary/aromatic N) is 2. The van der Waals surface area contributed by atoms with Crippen molar-refractivity contribution in [2.24, 2.45) is 4.99 Å². The number of amidine groups is 1. The molecule has 3 aromatic rings. The highest BCUT2D eigenvalue weighted by Gasteiger charge is 2.18. The van der Waals surface area contributed by atoms with Crippen molar-refractivity contribution in [1.82, 2.24) is 0 Å².